The fourth-order valence-electron chi connectivity index (χ4n) is 1.63. The number of nitrogens with zero attached hydrogens (tertiary/aromatic N) is 1. The van der Waals surface area contributed by atoms with Gasteiger partial charge in [-0.2, -0.15) is 5.10 Å². The smallest absolute Gasteiger partial charge is 0.259 e. The van der Waals surface area contributed by atoms with Crippen molar-refractivity contribution in [3.63, 3.8) is 0 Å². The molecule has 0 atom stereocenters. The van der Waals surface area contributed by atoms with Gasteiger partial charge in [-0.05, 0) is 110 Å². The molecule has 0 radical (unpaired) electrons. The number of hydrogen-bond acceptors (Lipinski definition) is 4. The number of carbonyl (C=O) groups excluding carboxylic acids is 1. The van der Waals surface area contributed by atoms with Crippen molar-refractivity contribution in [3.8, 4) is 5.75 Å². The van der Waals surface area contributed by atoms with E-state index in [0.717, 1.165) is 22.0 Å². The Morgan fingerprint density at radius 3 is 2.35 bits per heavy atom. The number of carbonyl (C=O) groups is 1. The number of rotatable bonds is 5. The third kappa shape index (κ3) is 6.06. The first-order valence-electron chi connectivity index (χ1n) is 6.45. The Morgan fingerprint density at radius 1 is 1.13 bits per heavy atom. The van der Waals surface area contributed by atoms with E-state index in [-0.39, 0.29) is 18.2 Å². The molecule has 2 aromatic rings. The fraction of sp³-hybridized carbons (Fsp3) is 0.0667. The highest BCUT2D eigenvalue weighted by molar-refractivity contribution is 14.1. The van der Waals surface area contributed by atoms with Crippen LogP contribution in [0, 0.1) is 10.7 Å². The minimum Gasteiger partial charge on any atom is -0.506 e. The summed E-state index contributed by atoms with van der Waals surface area (Å²) in [4.78, 5) is 11.7. The zero-order valence-electron chi connectivity index (χ0n) is 11.7. The zero-order valence-corrected chi connectivity index (χ0v) is 18.2. The molecule has 0 saturated carbocycles. The number of phenols is 1. The van der Waals surface area contributed by atoms with Crippen LogP contribution in [0.4, 0.5) is 5.69 Å². The Balaban J connectivity index is 1.85. The molecule has 120 valence electrons. The van der Waals surface area contributed by atoms with Gasteiger partial charge in [0.15, 0.2) is 0 Å². The van der Waals surface area contributed by atoms with Gasteiger partial charge in [-0.25, -0.2) is 5.43 Å². The van der Waals surface area contributed by atoms with Gasteiger partial charge in [0.2, 0.25) is 0 Å². The number of benzene rings is 2. The van der Waals surface area contributed by atoms with Crippen LogP contribution in [0.15, 0.2) is 41.5 Å². The summed E-state index contributed by atoms with van der Waals surface area (Å²) in [6.45, 7) is 0.141. The number of anilines is 1. The highest BCUT2D eigenvalue weighted by Gasteiger charge is 2.04. The van der Waals surface area contributed by atoms with Gasteiger partial charge in [-0.15, -0.1) is 0 Å². The summed E-state index contributed by atoms with van der Waals surface area (Å²) in [6, 6.07) is 11.3. The first-order chi connectivity index (χ1) is 11.0. The van der Waals surface area contributed by atoms with Crippen LogP contribution in [0.5, 0.6) is 5.75 Å². The molecule has 3 N–H and O–H groups in total. The van der Waals surface area contributed by atoms with Gasteiger partial charge in [0.25, 0.3) is 5.91 Å². The second-order valence-electron chi connectivity index (χ2n) is 4.49. The van der Waals surface area contributed by atoms with Gasteiger partial charge < -0.3 is 10.4 Å². The number of aromatic hydroxyl groups is 1. The highest BCUT2D eigenvalue weighted by atomic mass is 127. The van der Waals surface area contributed by atoms with E-state index in [0.29, 0.717) is 0 Å². The molecule has 2 rings (SSSR count). The van der Waals surface area contributed by atoms with E-state index < -0.39 is 0 Å². The van der Waals surface area contributed by atoms with Crippen LogP contribution in [0.3, 0.4) is 0 Å². The number of amides is 1. The molecular weight excluding hydrogens is 635 g/mol. The maximum atomic E-state index is 11.7. The van der Waals surface area contributed by atoms with Crippen molar-refractivity contribution >= 4 is 85.6 Å². The van der Waals surface area contributed by atoms with Crippen LogP contribution >= 0.6 is 67.8 Å². The molecule has 2 aromatic carbocycles. The molecule has 0 aliphatic rings. The van der Waals surface area contributed by atoms with E-state index in [1.165, 1.54) is 0 Å². The van der Waals surface area contributed by atoms with E-state index in [2.05, 4.69) is 38.4 Å². The number of hydrazone groups is 1. The lowest BCUT2D eigenvalue weighted by Crippen LogP contribution is -2.25. The van der Waals surface area contributed by atoms with Crippen molar-refractivity contribution in [2.75, 3.05) is 11.9 Å². The lowest BCUT2D eigenvalue weighted by molar-refractivity contribution is -0.119. The topological polar surface area (TPSA) is 73.7 Å². The van der Waals surface area contributed by atoms with E-state index >= 15 is 0 Å². The van der Waals surface area contributed by atoms with Crippen LogP contribution in [-0.2, 0) is 4.79 Å². The third-order valence-corrected chi connectivity index (χ3v) is 5.10. The van der Waals surface area contributed by atoms with E-state index in [1.54, 1.807) is 18.3 Å². The SMILES string of the molecule is O=C(CNc1ccc(I)cc1)N/N=C\c1cc(I)c(O)c(I)c1. The van der Waals surface area contributed by atoms with Gasteiger partial charge >= 0.3 is 0 Å². The molecule has 0 saturated heterocycles. The van der Waals surface area contributed by atoms with Crippen LogP contribution < -0.4 is 10.7 Å². The molecular formula is C15H12I3N3O2. The third-order valence-electron chi connectivity index (χ3n) is 2.74. The molecule has 8 heteroatoms. The predicted octanol–water partition coefficient (Wildman–Crippen LogP) is 3.77. The van der Waals surface area contributed by atoms with Crippen molar-refractivity contribution in [1.29, 1.82) is 0 Å². The second-order valence-corrected chi connectivity index (χ2v) is 8.06. The molecule has 5 nitrogen and oxygen atoms in total. The van der Waals surface area contributed by atoms with Crippen molar-refractivity contribution in [3.05, 3.63) is 52.7 Å². The lowest BCUT2D eigenvalue weighted by Gasteiger charge is -2.05. The van der Waals surface area contributed by atoms with Gasteiger partial charge in [0, 0.05) is 9.26 Å². The molecule has 0 unspecified atom stereocenters. The van der Waals surface area contributed by atoms with Crippen molar-refractivity contribution in [1.82, 2.24) is 5.43 Å². The Morgan fingerprint density at radius 2 is 1.74 bits per heavy atom. The lowest BCUT2D eigenvalue weighted by atomic mass is 10.2. The summed E-state index contributed by atoms with van der Waals surface area (Å²) in [5.41, 5.74) is 4.15. The second kappa shape index (κ2) is 9.01. The zero-order chi connectivity index (χ0) is 16.8. The van der Waals surface area contributed by atoms with E-state index in [4.69, 9.17) is 0 Å². The Kier molecular flexibility index (Phi) is 7.33. The maximum Gasteiger partial charge on any atom is 0.259 e. The summed E-state index contributed by atoms with van der Waals surface area (Å²) in [6.07, 6.45) is 1.55. The molecule has 0 aliphatic carbocycles. The average molecular weight is 647 g/mol. The van der Waals surface area contributed by atoms with Crippen LogP contribution in [0.1, 0.15) is 5.56 Å². The number of nitrogens with one attached hydrogen (secondary N) is 2. The largest absolute Gasteiger partial charge is 0.506 e. The fourth-order valence-corrected chi connectivity index (χ4v) is 3.80. The molecule has 0 aromatic heterocycles. The van der Waals surface area contributed by atoms with Gasteiger partial charge in [0.1, 0.15) is 5.75 Å². The predicted molar refractivity (Wildman–Crippen MR) is 117 cm³/mol. The maximum absolute atomic E-state index is 11.7. The van der Waals surface area contributed by atoms with Crippen LogP contribution in [0.25, 0.3) is 0 Å². The normalized spacial score (nSPS) is 10.7. The van der Waals surface area contributed by atoms with E-state index in [1.807, 2.05) is 69.4 Å². The van der Waals surface area contributed by atoms with Crippen molar-refractivity contribution in [2.45, 2.75) is 0 Å². The molecule has 1 amide bonds. The summed E-state index contributed by atoms with van der Waals surface area (Å²) < 4.78 is 2.62. The Hall–Kier alpha value is -0.630. The molecule has 23 heavy (non-hydrogen) atoms. The monoisotopic (exact) mass is 647 g/mol. The minimum atomic E-state index is -0.233. The summed E-state index contributed by atoms with van der Waals surface area (Å²) >= 11 is 6.32. The number of halogens is 3. The first-order valence-corrected chi connectivity index (χ1v) is 9.68. The molecule has 0 spiro atoms. The van der Waals surface area contributed by atoms with Crippen molar-refractivity contribution < 1.29 is 9.90 Å². The first kappa shape index (κ1) is 18.7. The average Bonchev–Trinajstić information content (AvgIpc) is 2.52. The summed E-state index contributed by atoms with van der Waals surface area (Å²) in [5.74, 6) is 0.0251. The van der Waals surface area contributed by atoms with Crippen LogP contribution in [-0.4, -0.2) is 23.8 Å². The number of hydrogen-bond donors (Lipinski definition) is 3. The highest BCUT2D eigenvalue weighted by Crippen LogP contribution is 2.26. The van der Waals surface area contributed by atoms with E-state index in [9.17, 15) is 9.90 Å². The molecule has 0 aliphatic heterocycles. The quantitative estimate of drug-likeness (QED) is 0.263. The van der Waals surface area contributed by atoms with Gasteiger partial charge in [-0.3, -0.25) is 4.79 Å². The van der Waals surface area contributed by atoms with Gasteiger partial charge in [-0.1, -0.05) is 0 Å². The number of phenolic OH excluding ortho intramolecular Hbond substituents is 1. The standard InChI is InChI=1S/C15H12I3N3O2/c16-10-1-3-11(4-2-10)19-8-14(22)21-20-7-9-5-12(17)15(23)13(18)6-9/h1-7,19,23H,8H2,(H,21,22)/b20-7-. The van der Waals surface area contributed by atoms with Crippen LogP contribution in [0.2, 0.25) is 0 Å². The van der Waals surface area contributed by atoms with Crippen molar-refractivity contribution in [2.24, 2.45) is 5.10 Å². The summed E-state index contributed by atoms with van der Waals surface area (Å²) in [7, 11) is 0. The molecule has 0 heterocycles. The summed E-state index contributed by atoms with van der Waals surface area (Å²) in [5, 5.41) is 16.6. The van der Waals surface area contributed by atoms with Gasteiger partial charge in [0.05, 0.1) is 19.9 Å². The molecule has 0 bridgehead atoms. The Labute approximate surface area is 174 Å². The Bertz CT molecular complexity index is 710. The minimum absolute atomic E-state index is 0.141. The molecule has 0 fully saturated rings.